The van der Waals surface area contributed by atoms with Crippen molar-refractivity contribution in [3.8, 4) is 0 Å². The highest BCUT2D eigenvalue weighted by Gasteiger charge is 2.16. The molecule has 0 bridgehead atoms. The Morgan fingerprint density at radius 3 is 2.33 bits per heavy atom. The lowest BCUT2D eigenvalue weighted by Gasteiger charge is -2.14. The molecule has 0 saturated heterocycles. The molecule has 0 fully saturated rings. The van der Waals surface area contributed by atoms with Crippen LogP contribution in [0.1, 0.15) is 0 Å². The van der Waals surface area contributed by atoms with E-state index in [2.05, 4.69) is 23.2 Å². The van der Waals surface area contributed by atoms with Crippen LogP contribution in [-0.4, -0.2) is 23.8 Å². The standard InChI is InChI=1S/C6H9NS5/c1-8-4-5(9-2)7-12-11-6(4)10-3/h1-3H3. The van der Waals surface area contributed by atoms with E-state index < -0.39 is 0 Å². The molecule has 0 aromatic heterocycles. The third kappa shape index (κ3) is 2.57. The topological polar surface area (TPSA) is 12.4 Å². The maximum absolute atomic E-state index is 4.37. The van der Waals surface area contributed by atoms with Crippen molar-refractivity contribution in [3.05, 3.63) is 9.14 Å². The van der Waals surface area contributed by atoms with Crippen LogP contribution >= 0.6 is 57.1 Å². The molecule has 0 unspecified atom stereocenters. The van der Waals surface area contributed by atoms with Gasteiger partial charge in [-0.25, -0.2) is 0 Å². The normalized spacial score (nSPS) is 18.1. The number of thioether (sulfide) groups is 3. The lowest BCUT2D eigenvalue weighted by molar-refractivity contribution is 1.94. The van der Waals surface area contributed by atoms with Crippen molar-refractivity contribution in [2.45, 2.75) is 0 Å². The Labute approximate surface area is 93.9 Å². The highest BCUT2D eigenvalue weighted by molar-refractivity contribution is 8.80. The molecule has 0 radical (unpaired) electrons. The van der Waals surface area contributed by atoms with Gasteiger partial charge in [-0.3, -0.25) is 0 Å². The minimum absolute atomic E-state index is 1.16. The summed E-state index contributed by atoms with van der Waals surface area (Å²) >= 11 is 5.31. The summed E-state index contributed by atoms with van der Waals surface area (Å²) in [5.41, 5.74) is 0. The van der Waals surface area contributed by atoms with E-state index in [1.807, 2.05) is 0 Å². The predicted molar refractivity (Wildman–Crippen MR) is 70.2 cm³/mol. The van der Waals surface area contributed by atoms with Crippen LogP contribution in [0.25, 0.3) is 0 Å². The maximum atomic E-state index is 4.37. The fraction of sp³-hybridized carbons (Fsp3) is 0.500. The third-order valence-corrected chi connectivity index (χ3v) is 6.46. The summed E-state index contributed by atoms with van der Waals surface area (Å²) in [4.78, 5) is 1.33. The van der Waals surface area contributed by atoms with Crippen molar-refractivity contribution >= 4 is 62.1 Å². The van der Waals surface area contributed by atoms with Crippen LogP contribution in [0.4, 0.5) is 0 Å². The molecule has 68 valence electrons. The highest BCUT2D eigenvalue weighted by atomic mass is 33.1. The van der Waals surface area contributed by atoms with Gasteiger partial charge in [0.25, 0.3) is 0 Å². The van der Waals surface area contributed by atoms with Crippen LogP contribution in [-0.2, 0) is 0 Å². The molecule has 0 aromatic carbocycles. The second-order valence-corrected chi connectivity index (χ2v) is 6.32. The van der Waals surface area contributed by atoms with E-state index in [1.54, 1.807) is 57.1 Å². The fourth-order valence-electron chi connectivity index (χ4n) is 0.680. The Bertz CT molecular complexity index is 222. The van der Waals surface area contributed by atoms with Crippen molar-refractivity contribution in [1.29, 1.82) is 0 Å². The number of rotatable bonds is 2. The summed E-state index contributed by atoms with van der Waals surface area (Å²) in [5, 5.41) is 1.16. The minimum atomic E-state index is 1.16. The summed E-state index contributed by atoms with van der Waals surface area (Å²) in [5.74, 6) is 0. The van der Waals surface area contributed by atoms with Gasteiger partial charge in [0, 0.05) is 0 Å². The van der Waals surface area contributed by atoms with Crippen molar-refractivity contribution < 1.29 is 0 Å². The smallest absolute Gasteiger partial charge is 0.120 e. The first-order valence-electron chi connectivity index (χ1n) is 3.11. The summed E-state index contributed by atoms with van der Waals surface area (Å²) in [7, 11) is 3.32. The van der Waals surface area contributed by atoms with E-state index in [9.17, 15) is 0 Å². The Kier molecular flexibility index (Phi) is 5.43. The molecule has 0 amide bonds. The fourth-order valence-corrected chi connectivity index (χ4v) is 6.29. The zero-order chi connectivity index (χ0) is 8.97. The van der Waals surface area contributed by atoms with Crippen molar-refractivity contribution in [3.63, 3.8) is 0 Å². The van der Waals surface area contributed by atoms with Crippen LogP contribution < -0.4 is 0 Å². The van der Waals surface area contributed by atoms with Crippen molar-refractivity contribution in [2.24, 2.45) is 4.40 Å². The first-order chi connectivity index (χ1) is 5.83. The molecule has 1 rings (SSSR count). The van der Waals surface area contributed by atoms with Crippen LogP contribution in [0, 0.1) is 0 Å². The molecule has 1 heterocycles. The average molecular weight is 255 g/mol. The SMILES string of the molecule is CSC1=NSSC(SC)=C1SC. The van der Waals surface area contributed by atoms with Gasteiger partial charge in [-0.1, -0.05) is 0 Å². The van der Waals surface area contributed by atoms with Gasteiger partial charge < -0.3 is 0 Å². The van der Waals surface area contributed by atoms with E-state index in [1.165, 1.54) is 9.14 Å². The highest BCUT2D eigenvalue weighted by Crippen LogP contribution is 2.47. The van der Waals surface area contributed by atoms with Gasteiger partial charge in [0.2, 0.25) is 0 Å². The lowest BCUT2D eigenvalue weighted by Crippen LogP contribution is -1.97. The van der Waals surface area contributed by atoms with Crippen LogP contribution in [0.2, 0.25) is 0 Å². The lowest BCUT2D eigenvalue weighted by atomic mass is 10.7. The summed E-state index contributed by atoms with van der Waals surface area (Å²) in [6, 6.07) is 0. The van der Waals surface area contributed by atoms with E-state index in [0.29, 0.717) is 0 Å². The minimum Gasteiger partial charge on any atom is -0.197 e. The van der Waals surface area contributed by atoms with Gasteiger partial charge in [-0.2, -0.15) is 4.40 Å². The second kappa shape index (κ2) is 5.80. The third-order valence-electron chi connectivity index (χ3n) is 1.20. The zero-order valence-electron chi connectivity index (χ0n) is 6.99. The van der Waals surface area contributed by atoms with Gasteiger partial charge in [-0.15, -0.1) is 35.3 Å². The summed E-state index contributed by atoms with van der Waals surface area (Å²) in [6.45, 7) is 0. The van der Waals surface area contributed by atoms with Crippen LogP contribution in [0.3, 0.4) is 0 Å². The van der Waals surface area contributed by atoms with Gasteiger partial charge in [0.05, 0.1) is 20.1 Å². The van der Waals surface area contributed by atoms with Crippen molar-refractivity contribution in [2.75, 3.05) is 18.8 Å². The molecule has 0 N–H and O–H groups in total. The molecule has 1 aliphatic heterocycles. The summed E-state index contributed by atoms with van der Waals surface area (Å²) in [6.07, 6.45) is 6.29. The molecule has 12 heavy (non-hydrogen) atoms. The van der Waals surface area contributed by atoms with E-state index in [4.69, 9.17) is 0 Å². The van der Waals surface area contributed by atoms with E-state index >= 15 is 0 Å². The van der Waals surface area contributed by atoms with E-state index in [0.717, 1.165) is 5.04 Å². The molecular weight excluding hydrogens is 246 g/mol. The second-order valence-electron chi connectivity index (χ2n) is 1.78. The van der Waals surface area contributed by atoms with Gasteiger partial charge in [0.1, 0.15) is 5.04 Å². The van der Waals surface area contributed by atoms with Crippen molar-refractivity contribution in [1.82, 2.24) is 0 Å². The molecule has 0 spiro atoms. The average Bonchev–Trinajstić information content (AvgIpc) is 2.16. The van der Waals surface area contributed by atoms with Gasteiger partial charge in [0.15, 0.2) is 0 Å². The quantitative estimate of drug-likeness (QED) is 0.545. The zero-order valence-corrected chi connectivity index (χ0v) is 11.1. The summed E-state index contributed by atoms with van der Waals surface area (Å²) < 4.78 is 5.75. The Morgan fingerprint density at radius 1 is 1.08 bits per heavy atom. The number of hydrogen-bond acceptors (Lipinski definition) is 6. The Hall–Kier alpha value is 1.16. The molecule has 0 saturated carbocycles. The Balaban J connectivity index is 2.89. The van der Waals surface area contributed by atoms with Gasteiger partial charge in [-0.05, 0) is 29.6 Å². The maximum Gasteiger partial charge on any atom is 0.120 e. The molecule has 0 aliphatic carbocycles. The van der Waals surface area contributed by atoms with Crippen LogP contribution in [0.15, 0.2) is 13.5 Å². The van der Waals surface area contributed by atoms with Gasteiger partial charge >= 0.3 is 0 Å². The molecule has 0 aromatic rings. The molecule has 0 atom stereocenters. The van der Waals surface area contributed by atoms with Crippen LogP contribution in [0.5, 0.6) is 0 Å². The monoisotopic (exact) mass is 255 g/mol. The molecule has 6 heteroatoms. The largest absolute Gasteiger partial charge is 0.197 e. The Morgan fingerprint density at radius 2 is 1.83 bits per heavy atom. The number of hydrogen-bond donors (Lipinski definition) is 0. The molecule has 1 aliphatic rings. The number of nitrogens with zero attached hydrogens (tertiary/aromatic N) is 1. The molecular formula is C6H9NS5. The first kappa shape index (κ1) is 11.2. The predicted octanol–water partition coefficient (Wildman–Crippen LogP) is 3.95. The first-order valence-corrected chi connectivity index (χ1v) is 8.90. The van der Waals surface area contributed by atoms with E-state index in [-0.39, 0.29) is 0 Å². The molecule has 1 nitrogen and oxygen atoms in total.